The fourth-order valence-electron chi connectivity index (χ4n) is 3.33. The van der Waals surface area contributed by atoms with E-state index in [1.165, 1.54) is 6.08 Å². The van der Waals surface area contributed by atoms with Crippen LogP contribution in [0.25, 0.3) is 23.0 Å². The summed E-state index contributed by atoms with van der Waals surface area (Å²) in [6.07, 6.45) is 5.12. The third kappa shape index (κ3) is 5.98. The molecule has 7 heteroatoms. The van der Waals surface area contributed by atoms with E-state index in [0.717, 1.165) is 28.1 Å². The van der Waals surface area contributed by atoms with E-state index >= 15 is 0 Å². The summed E-state index contributed by atoms with van der Waals surface area (Å²) in [5.41, 5.74) is 9.55. The van der Waals surface area contributed by atoms with Gasteiger partial charge in [-0.2, -0.15) is 5.10 Å². The first-order valence-corrected chi connectivity index (χ1v) is 10.7. The normalized spacial score (nSPS) is 10.8. The van der Waals surface area contributed by atoms with Gasteiger partial charge < -0.3 is 15.8 Å². The number of carbonyl (C=O) groups excluding carboxylic acids is 2. The zero-order valence-corrected chi connectivity index (χ0v) is 18.4. The van der Waals surface area contributed by atoms with Gasteiger partial charge in [0.25, 0.3) is 5.91 Å². The lowest BCUT2D eigenvalue weighted by Crippen LogP contribution is -2.20. The molecule has 0 aliphatic rings. The third-order valence-electron chi connectivity index (χ3n) is 5.00. The monoisotopic (exact) mass is 452 g/mol. The molecule has 0 spiro atoms. The van der Waals surface area contributed by atoms with E-state index in [9.17, 15) is 9.59 Å². The van der Waals surface area contributed by atoms with Gasteiger partial charge in [-0.05, 0) is 35.9 Å². The standard InChI is InChI=1S/C27H24N4O3/c28-25(32)19-34-24-14-11-20(12-15-24)13-16-26(33)29-17-22-18-31(23-9-5-2-6-10-23)30-27(22)21-7-3-1-4-8-21/h1-16,18H,17,19H2,(H2,28,32)(H,29,33)/b16-13+. The van der Waals surface area contributed by atoms with E-state index in [0.29, 0.717) is 12.3 Å². The van der Waals surface area contributed by atoms with Crippen molar-refractivity contribution in [3.8, 4) is 22.7 Å². The molecule has 7 nitrogen and oxygen atoms in total. The highest BCUT2D eigenvalue weighted by Crippen LogP contribution is 2.23. The van der Waals surface area contributed by atoms with E-state index in [1.54, 1.807) is 30.3 Å². The number of para-hydroxylation sites is 1. The SMILES string of the molecule is NC(=O)COc1ccc(/C=C/C(=O)NCc2cn(-c3ccccc3)nc2-c2ccccc2)cc1. The topological polar surface area (TPSA) is 99.2 Å². The highest BCUT2D eigenvalue weighted by Gasteiger charge is 2.12. The molecule has 0 saturated heterocycles. The van der Waals surface area contributed by atoms with Gasteiger partial charge in [0.1, 0.15) is 5.75 Å². The second kappa shape index (κ2) is 10.8. The first-order chi connectivity index (χ1) is 16.6. The molecule has 1 aromatic heterocycles. The predicted octanol–water partition coefficient (Wildman–Crippen LogP) is 3.73. The van der Waals surface area contributed by atoms with Gasteiger partial charge >= 0.3 is 0 Å². The zero-order chi connectivity index (χ0) is 23.8. The highest BCUT2D eigenvalue weighted by molar-refractivity contribution is 5.91. The minimum Gasteiger partial charge on any atom is -0.484 e. The van der Waals surface area contributed by atoms with E-state index in [1.807, 2.05) is 71.5 Å². The number of nitrogens with zero attached hydrogens (tertiary/aromatic N) is 2. The summed E-state index contributed by atoms with van der Waals surface area (Å²) >= 11 is 0. The van der Waals surface area contributed by atoms with Gasteiger partial charge in [0.05, 0.1) is 11.4 Å². The van der Waals surface area contributed by atoms with Crippen LogP contribution in [0, 0.1) is 0 Å². The summed E-state index contributed by atoms with van der Waals surface area (Å²) in [7, 11) is 0. The van der Waals surface area contributed by atoms with Crippen LogP contribution in [0.5, 0.6) is 5.75 Å². The largest absolute Gasteiger partial charge is 0.484 e. The maximum absolute atomic E-state index is 12.5. The van der Waals surface area contributed by atoms with Crippen LogP contribution in [0.4, 0.5) is 0 Å². The Kier molecular flexibility index (Phi) is 7.15. The number of nitrogens with two attached hydrogens (primary N) is 1. The predicted molar refractivity (Wildman–Crippen MR) is 131 cm³/mol. The van der Waals surface area contributed by atoms with Crippen molar-refractivity contribution in [2.45, 2.75) is 6.54 Å². The molecule has 0 atom stereocenters. The Morgan fingerprint density at radius 1 is 0.941 bits per heavy atom. The summed E-state index contributed by atoms with van der Waals surface area (Å²) < 4.78 is 7.05. The highest BCUT2D eigenvalue weighted by atomic mass is 16.5. The van der Waals surface area contributed by atoms with Crippen molar-refractivity contribution in [2.24, 2.45) is 5.73 Å². The number of nitrogens with one attached hydrogen (secondary N) is 1. The molecule has 34 heavy (non-hydrogen) atoms. The lowest BCUT2D eigenvalue weighted by Gasteiger charge is -2.04. The van der Waals surface area contributed by atoms with Gasteiger partial charge in [0.15, 0.2) is 6.61 Å². The van der Waals surface area contributed by atoms with Crippen LogP contribution in [0.3, 0.4) is 0 Å². The minimum atomic E-state index is -0.537. The van der Waals surface area contributed by atoms with E-state index < -0.39 is 5.91 Å². The fourth-order valence-corrected chi connectivity index (χ4v) is 3.33. The number of hydrogen-bond acceptors (Lipinski definition) is 4. The molecule has 170 valence electrons. The van der Waals surface area contributed by atoms with Crippen LogP contribution in [0.1, 0.15) is 11.1 Å². The van der Waals surface area contributed by atoms with Crippen LogP contribution in [0.15, 0.2) is 97.2 Å². The molecule has 3 aromatic carbocycles. The lowest BCUT2D eigenvalue weighted by atomic mass is 10.1. The summed E-state index contributed by atoms with van der Waals surface area (Å²) in [6.45, 7) is 0.156. The Labute approximate surface area is 197 Å². The number of aromatic nitrogens is 2. The Morgan fingerprint density at radius 2 is 1.62 bits per heavy atom. The van der Waals surface area contributed by atoms with Gasteiger partial charge in [-0.15, -0.1) is 0 Å². The van der Waals surface area contributed by atoms with Crippen molar-refractivity contribution in [1.82, 2.24) is 15.1 Å². The van der Waals surface area contributed by atoms with Gasteiger partial charge in [-0.25, -0.2) is 4.68 Å². The van der Waals surface area contributed by atoms with Crippen LogP contribution < -0.4 is 15.8 Å². The van der Waals surface area contributed by atoms with Gasteiger partial charge in [-0.3, -0.25) is 9.59 Å². The number of rotatable bonds is 9. The second-order valence-electron chi connectivity index (χ2n) is 7.52. The molecule has 0 radical (unpaired) electrons. The molecule has 4 aromatic rings. The molecular formula is C27H24N4O3. The Balaban J connectivity index is 1.43. The molecule has 0 saturated carbocycles. The van der Waals surface area contributed by atoms with E-state index in [-0.39, 0.29) is 12.5 Å². The maximum Gasteiger partial charge on any atom is 0.255 e. The smallest absolute Gasteiger partial charge is 0.255 e. The number of amides is 2. The van der Waals surface area contributed by atoms with Crippen molar-refractivity contribution in [3.05, 3.63) is 108 Å². The number of ether oxygens (including phenoxy) is 1. The summed E-state index contributed by atoms with van der Waals surface area (Å²) in [5.74, 6) is -0.227. The fraction of sp³-hybridized carbons (Fsp3) is 0.0741. The third-order valence-corrected chi connectivity index (χ3v) is 5.00. The summed E-state index contributed by atoms with van der Waals surface area (Å²) in [4.78, 5) is 23.3. The molecule has 1 heterocycles. The van der Waals surface area contributed by atoms with Crippen molar-refractivity contribution in [2.75, 3.05) is 6.61 Å². The van der Waals surface area contributed by atoms with Gasteiger partial charge in [0.2, 0.25) is 5.91 Å². The molecule has 0 fully saturated rings. The quantitative estimate of drug-likeness (QED) is 0.378. The van der Waals surface area contributed by atoms with Crippen molar-refractivity contribution < 1.29 is 14.3 Å². The molecule has 3 N–H and O–H groups in total. The minimum absolute atomic E-state index is 0.177. The van der Waals surface area contributed by atoms with Crippen molar-refractivity contribution in [3.63, 3.8) is 0 Å². The molecule has 4 rings (SSSR count). The average molecular weight is 453 g/mol. The van der Waals surface area contributed by atoms with Gasteiger partial charge in [-0.1, -0.05) is 60.7 Å². The molecular weight excluding hydrogens is 428 g/mol. The molecule has 0 aliphatic carbocycles. The zero-order valence-electron chi connectivity index (χ0n) is 18.4. The van der Waals surface area contributed by atoms with Crippen LogP contribution in [-0.2, 0) is 16.1 Å². The first kappa shape index (κ1) is 22.5. The summed E-state index contributed by atoms with van der Waals surface area (Å²) in [5, 5.41) is 7.70. The second-order valence-corrected chi connectivity index (χ2v) is 7.52. The molecule has 2 amide bonds. The molecule has 0 aliphatic heterocycles. The van der Waals surface area contributed by atoms with Crippen LogP contribution >= 0.6 is 0 Å². The lowest BCUT2D eigenvalue weighted by molar-refractivity contribution is -0.120. The Hall–Kier alpha value is -4.65. The number of carbonyl (C=O) groups is 2. The summed E-state index contributed by atoms with van der Waals surface area (Å²) in [6, 6.07) is 26.7. The van der Waals surface area contributed by atoms with Crippen molar-refractivity contribution in [1.29, 1.82) is 0 Å². The molecule has 0 bridgehead atoms. The number of benzene rings is 3. The van der Waals surface area contributed by atoms with E-state index in [4.69, 9.17) is 15.6 Å². The average Bonchev–Trinajstić information content (AvgIpc) is 3.31. The Morgan fingerprint density at radius 3 is 2.29 bits per heavy atom. The number of hydrogen-bond donors (Lipinski definition) is 2. The number of primary amides is 1. The molecule has 0 unspecified atom stereocenters. The Bertz CT molecular complexity index is 1280. The van der Waals surface area contributed by atoms with Gasteiger partial charge in [0, 0.05) is 29.9 Å². The van der Waals surface area contributed by atoms with Crippen LogP contribution in [0.2, 0.25) is 0 Å². The van der Waals surface area contributed by atoms with Crippen molar-refractivity contribution >= 4 is 17.9 Å². The van der Waals surface area contributed by atoms with Crippen LogP contribution in [-0.4, -0.2) is 28.2 Å². The maximum atomic E-state index is 12.5. The first-order valence-electron chi connectivity index (χ1n) is 10.7. The van der Waals surface area contributed by atoms with E-state index in [2.05, 4.69) is 5.32 Å².